The molecule has 2 unspecified atom stereocenters. The van der Waals surface area contributed by atoms with E-state index < -0.39 is 12.4 Å². The first-order valence-electron chi connectivity index (χ1n) is 16.4. The van der Waals surface area contributed by atoms with Crippen molar-refractivity contribution in [3.8, 4) is 11.5 Å². The molecule has 5 rings (SSSR count). The van der Waals surface area contributed by atoms with Gasteiger partial charge in [-0.2, -0.15) is 0 Å². The van der Waals surface area contributed by atoms with Gasteiger partial charge in [-0.1, -0.05) is 103 Å². The number of carbonyl (C=O) groups is 2. The number of carbonyl (C=O) groups excluding carboxylic acids is 2. The van der Waals surface area contributed by atoms with Crippen molar-refractivity contribution in [2.24, 2.45) is 0 Å². The zero-order valence-electron chi connectivity index (χ0n) is 27.6. The van der Waals surface area contributed by atoms with Crippen molar-refractivity contribution in [3.63, 3.8) is 0 Å². The predicted octanol–water partition coefficient (Wildman–Crippen LogP) is 7.34. The van der Waals surface area contributed by atoms with Crippen LogP contribution >= 0.6 is 0 Å². The van der Waals surface area contributed by atoms with Crippen LogP contribution in [0, 0.1) is 0 Å². The first kappa shape index (κ1) is 34.9. The molecule has 49 heavy (non-hydrogen) atoms. The molecule has 0 fully saturated rings. The third-order valence-corrected chi connectivity index (χ3v) is 7.64. The largest absolute Gasteiger partial charge is 0.489 e. The highest BCUT2D eigenvalue weighted by Gasteiger charge is 2.18. The molecule has 0 bridgehead atoms. The first-order chi connectivity index (χ1) is 24.0. The molecule has 0 radical (unpaired) electrons. The second kappa shape index (κ2) is 18.8. The van der Waals surface area contributed by atoms with Gasteiger partial charge in [0.1, 0.15) is 24.7 Å². The van der Waals surface area contributed by atoms with Crippen molar-refractivity contribution < 1.29 is 28.5 Å². The molecule has 252 valence electrons. The molecular formula is C41H42N2O6. The van der Waals surface area contributed by atoms with Gasteiger partial charge in [-0.15, -0.1) is 0 Å². The molecule has 0 aliphatic carbocycles. The highest BCUT2D eigenvalue weighted by atomic mass is 16.7. The molecule has 8 nitrogen and oxygen atoms in total. The molecular weight excluding hydrogens is 616 g/mol. The van der Waals surface area contributed by atoms with E-state index >= 15 is 0 Å². The summed E-state index contributed by atoms with van der Waals surface area (Å²) in [5, 5.41) is 5.95. The Labute approximate surface area is 288 Å². The van der Waals surface area contributed by atoms with E-state index in [0.29, 0.717) is 55.4 Å². The molecule has 0 aliphatic heterocycles. The van der Waals surface area contributed by atoms with Gasteiger partial charge in [-0.25, -0.2) is 0 Å². The lowest BCUT2D eigenvalue weighted by atomic mass is 10.1. The Kier molecular flexibility index (Phi) is 13.4. The molecule has 0 saturated heterocycles. The van der Waals surface area contributed by atoms with E-state index in [1.807, 2.05) is 110 Å². The lowest BCUT2D eigenvalue weighted by Gasteiger charge is -2.23. The maximum absolute atomic E-state index is 13.2. The molecule has 0 saturated carbocycles. The summed E-state index contributed by atoms with van der Waals surface area (Å²) in [5.41, 5.74) is 4.07. The summed E-state index contributed by atoms with van der Waals surface area (Å²) in [6, 6.07) is 43.7. The second-order valence-electron chi connectivity index (χ2n) is 11.5. The van der Waals surface area contributed by atoms with Crippen molar-refractivity contribution in [3.05, 3.63) is 167 Å². The van der Waals surface area contributed by atoms with Crippen molar-refractivity contribution in [1.82, 2.24) is 10.6 Å². The number of hydrogen-bond donors (Lipinski definition) is 2. The van der Waals surface area contributed by atoms with Gasteiger partial charge < -0.3 is 29.6 Å². The Hall–Kier alpha value is -5.44. The van der Waals surface area contributed by atoms with E-state index in [1.54, 1.807) is 36.4 Å². The average molecular weight is 659 g/mol. The summed E-state index contributed by atoms with van der Waals surface area (Å²) in [6.07, 6.45) is -0.547. The summed E-state index contributed by atoms with van der Waals surface area (Å²) in [6.45, 7) is 3.56. The van der Waals surface area contributed by atoms with Gasteiger partial charge in [-0.3, -0.25) is 9.59 Å². The smallest absolute Gasteiger partial charge is 0.251 e. The Balaban J connectivity index is 1.15. The lowest BCUT2D eigenvalue weighted by Crippen LogP contribution is -2.38. The molecule has 0 spiro atoms. The van der Waals surface area contributed by atoms with E-state index in [9.17, 15) is 9.59 Å². The van der Waals surface area contributed by atoms with Crippen LogP contribution < -0.4 is 20.1 Å². The van der Waals surface area contributed by atoms with Gasteiger partial charge in [-0.05, 0) is 66.4 Å². The number of benzene rings is 5. The maximum Gasteiger partial charge on any atom is 0.251 e. The quantitative estimate of drug-likeness (QED) is 0.0957. The molecule has 5 aromatic carbocycles. The highest BCUT2D eigenvalue weighted by molar-refractivity contribution is 5.95. The molecule has 0 aromatic heterocycles. The Morgan fingerprint density at radius 3 is 1.55 bits per heavy atom. The Morgan fingerprint density at radius 2 is 1.04 bits per heavy atom. The molecule has 2 N–H and O–H groups in total. The van der Waals surface area contributed by atoms with Gasteiger partial charge in [0.15, 0.2) is 6.29 Å². The summed E-state index contributed by atoms with van der Waals surface area (Å²) in [7, 11) is 0. The minimum absolute atomic E-state index is 0.214. The minimum atomic E-state index is -0.550. The summed E-state index contributed by atoms with van der Waals surface area (Å²) >= 11 is 0. The third kappa shape index (κ3) is 11.9. The van der Waals surface area contributed by atoms with Crippen molar-refractivity contribution in [2.45, 2.75) is 45.6 Å². The standard InChI is InChI=1S/C41H42N2O6/c1-31(46-28-32-13-5-2-6-14-32)49-39(27-43-41(45)36-20-12-22-38(26-36)48-30-34-17-9-4-10-18-34)23-24-42-40(44)35-19-11-21-37(25-35)47-29-33-15-7-3-8-16-33/h2-22,25-26,31,39H,23-24,27-30H2,1H3,(H,42,44)(H,43,45). The van der Waals surface area contributed by atoms with Crippen LogP contribution in [-0.4, -0.2) is 37.3 Å². The molecule has 0 heterocycles. The fraction of sp³-hybridized carbons (Fsp3) is 0.220. The van der Waals surface area contributed by atoms with Crippen LogP contribution in [0.2, 0.25) is 0 Å². The summed E-state index contributed by atoms with van der Waals surface area (Å²) in [4.78, 5) is 26.2. The van der Waals surface area contributed by atoms with Crippen molar-refractivity contribution >= 4 is 11.8 Å². The van der Waals surface area contributed by atoms with Crippen LogP contribution in [0.25, 0.3) is 0 Å². The van der Waals surface area contributed by atoms with Crippen LogP contribution in [0.1, 0.15) is 50.8 Å². The third-order valence-electron chi connectivity index (χ3n) is 7.64. The van der Waals surface area contributed by atoms with E-state index in [2.05, 4.69) is 10.6 Å². The first-order valence-corrected chi connectivity index (χ1v) is 16.4. The molecule has 2 atom stereocenters. The second-order valence-corrected chi connectivity index (χ2v) is 11.5. The van der Waals surface area contributed by atoms with Crippen LogP contribution in [0.15, 0.2) is 140 Å². The van der Waals surface area contributed by atoms with E-state index in [-0.39, 0.29) is 18.4 Å². The summed E-state index contributed by atoms with van der Waals surface area (Å²) in [5.74, 6) is 0.727. The van der Waals surface area contributed by atoms with Crippen LogP contribution in [0.4, 0.5) is 0 Å². The Morgan fingerprint density at radius 1 is 0.571 bits per heavy atom. The highest BCUT2D eigenvalue weighted by Crippen LogP contribution is 2.17. The number of rotatable bonds is 18. The lowest BCUT2D eigenvalue weighted by molar-refractivity contribution is -0.165. The van der Waals surface area contributed by atoms with E-state index in [0.717, 1.165) is 16.7 Å². The molecule has 2 amide bonds. The van der Waals surface area contributed by atoms with Crippen molar-refractivity contribution in [1.29, 1.82) is 0 Å². The normalized spacial score (nSPS) is 12.0. The monoisotopic (exact) mass is 658 g/mol. The number of ether oxygens (including phenoxy) is 4. The van der Waals surface area contributed by atoms with Crippen LogP contribution in [0.3, 0.4) is 0 Å². The molecule has 5 aromatic rings. The van der Waals surface area contributed by atoms with Gasteiger partial charge in [0.05, 0.1) is 12.7 Å². The van der Waals surface area contributed by atoms with Gasteiger partial charge >= 0.3 is 0 Å². The van der Waals surface area contributed by atoms with Gasteiger partial charge in [0.25, 0.3) is 11.8 Å². The van der Waals surface area contributed by atoms with E-state index in [4.69, 9.17) is 18.9 Å². The fourth-order valence-electron chi connectivity index (χ4n) is 5.01. The minimum Gasteiger partial charge on any atom is -0.489 e. The fourth-order valence-corrected chi connectivity index (χ4v) is 5.01. The maximum atomic E-state index is 13.2. The van der Waals surface area contributed by atoms with Gasteiger partial charge in [0, 0.05) is 24.2 Å². The van der Waals surface area contributed by atoms with Crippen molar-refractivity contribution in [2.75, 3.05) is 13.1 Å². The number of hydrogen-bond acceptors (Lipinski definition) is 6. The van der Waals surface area contributed by atoms with Crippen LogP contribution in [0.5, 0.6) is 11.5 Å². The van der Waals surface area contributed by atoms with Gasteiger partial charge in [0.2, 0.25) is 0 Å². The number of nitrogens with one attached hydrogen (secondary N) is 2. The molecule has 0 aliphatic rings. The SMILES string of the molecule is CC(OCc1ccccc1)OC(CCNC(=O)c1cccc(OCc2ccccc2)c1)CNC(=O)c1cccc(OCc2ccccc2)c1. The topological polar surface area (TPSA) is 95.1 Å². The average Bonchev–Trinajstić information content (AvgIpc) is 3.15. The van der Waals surface area contributed by atoms with E-state index in [1.165, 1.54) is 0 Å². The Bertz CT molecular complexity index is 1730. The molecule has 8 heteroatoms. The zero-order valence-corrected chi connectivity index (χ0v) is 27.6. The summed E-state index contributed by atoms with van der Waals surface area (Å²) < 4.78 is 24.0. The zero-order chi connectivity index (χ0) is 34.1. The van der Waals surface area contributed by atoms with Crippen LogP contribution in [-0.2, 0) is 29.3 Å². The predicted molar refractivity (Wildman–Crippen MR) is 189 cm³/mol. The number of amides is 2.